The molecule has 1 N–H and O–H groups in total. The normalized spacial score (nSPS) is 11.9. The maximum Gasteiger partial charge on any atom is 0.324 e. The first-order valence-electron chi connectivity index (χ1n) is 7.42. The van der Waals surface area contributed by atoms with Crippen LogP contribution in [-0.2, 0) is 9.53 Å². The molecule has 0 saturated heterocycles. The van der Waals surface area contributed by atoms with Crippen LogP contribution in [0.4, 0.5) is 5.69 Å². The van der Waals surface area contributed by atoms with Gasteiger partial charge in [-0.1, -0.05) is 25.1 Å². The highest BCUT2D eigenvalue weighted by atomic mass is 16.5. The van der Waals surface area contributed by atoms with Crippen molar-refractivity contribution in [3.05, 3.63) is 30.3 Å². The third-order valence-corrected chi connectivity index (χ3v) is 3.12. The van der Waals surface area contributed by atoms with Crippen molar-refractivity contribution < 1.29 is 9.53 Å². The maximum atomic E-state index is 12.0. The molecule has 1 aromatic carbocycles. The van der Waals surface area contributed by atoms with Crippen LogP contribution in [0.25, 0.3) is 0 Å². The fourth-order valence-electron chi connectivity index (χ4n) is 2.06. The van der Waals surface area contributed by atoms with E-state index in [1.807, 2.05) is 25.1 Å². The van der Waals surface area contributed by atoms with E-state index >= 15 is 0 Å². The summed E-state index contributed by atoms with van der Waals surface area (Å²) in [5, 5.41) is 3.27. The van der Waals surface area contributed by atoms with E-state index in [1.54, 1.807) is 0 Å². The number of esters is 1. The first-order valence-corrected chi connectivity index (χ1v) is 7.42. The third-order valence-electron chi connectivity index (χ3n) is 3.12. The van der Waals surface area contributed by atoms with E-state index in [0.717, 1.165) is 25.2 Å². The molecule has 4 heteroatoms. The summed E-state index contributed by atoms with van der Waals surface area (Å²) < 4.78 is 5.15. The highest BCUT2D eigenvalue weighted by Crippen LogP contribution is 2.13. The molecule has 0 aliphatic carbocycles. The van der Waals surface area contributed by atoms with E-state index in [4.69, 9.17) is 4.74 Å². The summed E-state index contributed by atoms with van der Waals surface area (Å²) in [6.07, 6.45) is 0.993. The topological polar surface area (TPSA) is 41.6 Å². The first-order chi connectivity index (χ1) is 9.72. The summed E-state index contributed by atoms with van der Waals surface area (Å²) in [4.78, 5) is 14.2. The number of ether oxygens (including phenoxy) is 1. The molecule has 0 aromatic heterocycles. The van der Waals surface area contributed by atoms with Crippen molar-refractivity contribution in [3.63, 3.8) is 0 Å². The molecule has 20 heavy (non-hydrogen) atoms. The number of likely N-dealkylation sites (N-methyl/N-ethyl adjacent to an activating group) is 1. The Morgan fingerprint density at radius 2 is 1.95 bits per heavy atom. The SMILES string of the molecule is CCCNC(CN(CC)c1ccccc1)C(=O)OCC. The van der Waals surface area contributed by atoms with E-state index in [0.29, 0.717) is 13.2 Å². The van der Waals surface area contributed by atoms with Crippen molar-refractivity contribution in [1.29, 1.82) is 0 Å². The van der Waals surface area contributed by atoms with Crippen LogP contribution < -0.4 is 10.2 Å². The average molecular weight is 278 g/mol. The second-order valence-electron chi connectivity index (χ2n) is 4.63. The van der Waals surface area contributed by atoms with Gasteiger partial charge in [0.2, 0.25) is 0 Å². The number of hydrogen-bond donors (Lipinski definition) is 1. The Kier molecular flexibility index (Phi) is 7.73. The van der Waals surface area contributed by atoms with Gasteiger partial charge in [0.05, 0.1) is 6.61 Å². The van der Waals surface area contributed by atoms with Crippen molar-refractivity contribution >= 4 is 11.7 Å². The zero-order valence-corrected chi connectivity index (χ0v) is 12.8. The smallest absolute Gasteiger partial charge is 0.324 e. The van der Waals surface area contributed by atoms with Crippen LogP contribution in [0.5, 0.6) is 0 Å². The number of hydrogen-bond acceptors (Lipinski definition) is 4. The van der Waals surface area contributed by atoms with Crippen LogP contribution in [0.3, 0.4) is 0 Å². The van der Waals surface area contributed by atoms with E-state index in [1.165, 1.54) is 0 Å². The molecule has 112 valence electrons. The molecular formula is C16H26N2O2. The maximum absolute atomic E-state index is 12.0. The van der Waals surface area contributed by atoms with E-state index in [-0.39, 0.29) is 12.0 Å². The van der Waals surface area contributed by atoms with E-state index < -0.39 is 0 Å². The molecule has 1 unspecified atom stereocenters. The number of benzene rings is 1. The highest BCUT2D eigenvalue weighted by Gasteiger charge is 2.21. The molecule has 0 aliphatic rings. The Bertz CT molecular complexity index is 381. The molecule has 0 spiro atoms. The van der Waals surface area contributed by atoms with Crippen molar-refractivity contribution in [2.24, 2.45) is 0 Å². The van der Waals surface area contributed by atoms with E-state index in [9.17, 15) is 4.79 Å². The van der Waals surface area contributed by atoms with Crippen LogP contribution in [0.15, 0.2) is 30.3 Å². The van der Waals surface area contributed by atoms with E-state index in [2.05, 4.69) is 36.2 Å². The number of rotatable bonds is 9. The molecule has 1 aromatic rings. The van der Waals surface area contributed by atoms with Gasteiger partial charge in [0, 0.05) is 18.8 Å². The van der Waals surface area contributed by atoms with Gasteiger partial charge in [-0.3, -0.25) is 4.79 Å². The lowest BCUT2D eigenvalue weighted by Crippen LogP contribution is -2.47. The third kappa shape index (κ3) is 5.21. The molecule has 0 heterocycles. The molecular weight excluding hydrogens is 252 g/mol. The summed E-state index contributed by atoms with van der Waals surface area (Å²) in [5.74, 6) is -0.171. The number of para-hydroxylation sites is 1. The van der Waals surface area contributed by atoms with Crippen LogP contribution in [-0.4, -0.2) is 38.3 Å². The molecule has 1 rings (SSSR count). The van der Waals surface area contributed by atoms with Crippen LogP contribution >= 0.6 is 0 Å². The van der Waals surface area contributed by atoms with Gasteiger partial charge in [0.15, 0.2) is 0 Å². The molecule has 0 amide bonds. The first kappa shape index (κ1) is 16.5. The van der Waals surface area contributed by atoms with Gasteiger partial charge < -0.3 is 15.0 Å². The largest absolute Gasteiger partial charge is 0.465 e. The average Bonchev–Trinajstić information content (AvgIpc) is 2.48. The minimum Gasteiger partial charge on any atom is -0.465 e. The number of carbonyl (C=O) groups excluding carboxylic acids is 1. The second-order valence-corrected chi connectivity index (χ2v) is 4.63. The quantitative estimate of drug-likeness (QED) is 0.705. The Morgan fingerprint density at radius 3 is 2.50 bits per heavy atom. The highest BCUT2D eigenvalue weighted by molar-refractivity contribution is 5.76. The van der Waals surface area contributed by atoms with Gasteiger partial charge in [-0.2, -0.15) is 0 Å². The number of nitrogens with zero attached hydrogens (tertiary/aromatic N) is 1. The summed E-state index contributed by atoms with van der Waals surface area (Å²) in [7, 11) is 0. The van der Waals surface area contributed by atoms with Crippen LogP contribution in [0.2, 0.25) is 0 Å². The zero-order chi connectivity index (χ0) is 14.8. The van der Waals surface area contributed by atoms with Crippen molar-refractivity contribution in [3.8, 4) is 0 Å². The van der Waals surface area contributed by atoms with Gasteiger partial charge >= 0.3 is 5.97 Å². The summed E-state index contributed by atoms with van der Waals surface area (Å²) in [5.41, 5.74) is 1.13. The second kappa shape index (κ2) is 9.37. The summed E-state index contributed by atoms with van der Waals surface area (Å²) in [6, 6.07) is 9.86. The molecule has 0 aliphatic heterocycles. The lowest BCUT2D eigenvalue weighted by Gasteiger charge is -2.28. The lowest BCUT2D eigenvalue weighted by molar-refractivity contribution is -0.145. The van der Waals surface area contributed by atoms with Crippen molar-refractivity contribution in [2.45, 2.75) is 33.2 Å². The molecule has 0 saturated carbocycles. The molecule has 1 atom stereocenters. The minimum atomic E-state index is -0.282. The van der Waals surface area contributed by atoms with Crippen LogP contribution in [0.1, 0.15) is 27.2 Å². The fourth-order valence-corrected chi connectivity index (χ4v) is 2.06. The van der Waals surface area contributed by atoms with Gasteiger partial charge in [-0.15, -0.1) is 0 Å². The van der Waals surface area contributed by atoms with Gasteiger partial charge in [-0.25, -0.2) is 0 Å². The zero-order valence-electron chi connectivity index (χ0n) is 12.8. The Morgan fingerprint density at radius 1 is 1.25 bits per heavy atom. The minimum absolute atomic E-state index is 0.171. The number of nitrogens with one attached hydrogen (secondary N) is 1. The standard InChI is InChI=1S/C16H26N2O2/c1-4-12-17-15(16(19)20-6-3)13-18(5-2)14-10-8-7-9-11-14/h7-11,15,17H,4-6,12-13H2,1-3H3. The molecule has 0 radical (unpaired) electrons. The predicted octanol–water partition coefficient (Wildman–Crippen LogP) is 2.44. The monoisotopic (exact) mass is 278 g/mol. The molecule has 0 fully saturated rings. The van der Waals surface area contributed by atoms with Crippen LogP contribution in [0, 0.1) is 0 Å². The Balaban J connectivity index is 2.72. The Hall–Kier alpha value is -1.55. The van der Waals surface area contributed by atoms with Gasteiger partial charge in [-0.05, 0) is 38.9 Å². The number of carbonyl (C=O) groups is 1. The predicted molar refractivity (Wildman–Crippen MR) is 83.0 cm³/mol. The van der Waals surface area contributed by atoms with Crippen molar-refractivity contribution in [2.75, 3.05) is 31.1 Å². The van der Waals surface area contributed by atoms with Crippen molar-refractivity contribution in [1.82, 2.24) is 5.32 Å². The number of anilines is 1. The fraction of sp³-hybridized carbons (Fsp3) is 0.562. The molecule has 4 nitrogen and oxygen atoms in total. The lowest BCUT2D eigenvalue weighted by atomic mass is 10.2. The molecule has 0 bridgehead atoms. The Labute approximate surface area is 122 Å². The van der Waals surface area contributed by atoms with Gasteiger partial charge in [0.25, 0.3) is 0 Å². The summed E-state index contributed by atoms with van der Waals surface area (Å²) in [6.45, 7) is 8.73. The van der Waals surface area contributed by atoms with Gasteiger partial charge in [0.1, 0.15) is 6.04 Å². The summed E-state index contributed by atoms with van der Waals surface area (Å²) >= 11 is 0.